The summed E-state index contributed by atoms with van der Waals surface area (Å²) in [5, 5.41) is 3.53. The Bertz CT molecular complexity index is 459. The molecule has 18 heavy (non-hydrogen) atoms. The fraction of sp³-hybridized carbons (Fsp3) is 0.385. The van der Waals surface area contributed by atoms with E-state index in [2.05, 4.69) is 5.32 Å². The van der Waals surface area contributed by atoms with Gasteiger partial charge in [-0.05, 0) is 30.7 Å². The molecule has 1 saturated heterocycles. The van der Waals surface area contributed by atoms with Gasteiger partial charge < -0.3 is 10.2 Å². The van der Waals surface area contributed by atoms with Crippen LogP contribution in [-0.4, -0.2) is 35.8 Å². The molecule has 0 aromatic heterocycles. The highest BCUT2D eigenvalue weighted by Gasteiger charge is 2.25. The van der Waals surface area contributed by atoms with Crippen LogP contribution in [0.3, 0.4) is 0 Å². The minimum Gasteiger partial charge on any atom is -0.347 e. The third kappa shape index (κ3) is 3.01. The smallest absolute Gasteiger partial charge is 0.251 e. The van der Waals surface area contributed by atoms with Gasteiger partial charge in [0.25, 0.3) is 5.91 Å². The van der Waals surface area contributed by atoms with Crippen molar-refractivity contribution in [1.29, 1.82) is 0 Å². The standard InChI is InChI=1S/C13H15ClN2O2/c1-9(17)16-7-6-12(8-16)15-13(18)10-2-4-11(14)5-3-10/h2-5,12H,6-8H2,1H3,(H,15,18). The molecule has 2 rings (SSSR count). The maximum absolute atomic E-state index is 11.9. The minimum absolute atomic E-state index is 0.0390. The Morgan fingerprint density at radius 2 is 2.00 bits per heavy atom. The van der Waals surface area contributed by atoms with Crippen LogP contribution in [0.25, 0.3) is 0 Å². The van der Waals surface area contributed by atoms with Crippen molar-refractivity contribution in [2.75, 3.05) is 13.1 Å². The molecule has 5 heteroatoms. The van der Waals surface area contributed by atoms with Gasteiger partial charge in [-0.2, -0.15) is 0 Å². The molecule has 0 saturated carbocycles. The first-order chi connectivity index (χ1) is 8.56. The van der Waals surface area contributed by atoms with Crippen LogP contribution in [0, 0.1) is 0 Å². The van der Waals surface area contributed by atoms with Crippen LogP contribution in [0.2, 0.25) is 5.02 Å². The molecule has 2 amide bonds. The first-order valence-electron chi connectivity index (χ1n) is 5.88. The summed E-state index contributed by atoms with van der Waals surface area (Å²) in [5.41, 5.74) is 0.584. The van der Waals surface area contributed by atoms with Crippen molar-refractivity contribution < 1.29 is 9.59 Å². The molecule has 1 atom stereocenters. The lowest BCUT2D eigenvalue weighted by molar-refractivity contribution is -0.127. The lowest BCUT2D eigenvalue weighted by Gasteiger charge is -2.15. The van der Waals surface area contributed by atoms with Crippen molar-refractivity contribution in [3.8, 4) is 0 Å². The molecule has 1 heterocycles. The van der Waals surface area contributed by atoms with E-state index in [0.29, 0.717) is 23.7 Å². The molecule has 1 aromatic rings. The number of carbonyl (C=O) groups is 2. The van der Waals surface area contributed by atoms with Gasteiger partial charge in [0.1, 0.15) is 0 Å². The summed E-state index contributed by atoms with van der Waals surface area (Å²) in [6.07, 6.45) is 0.804. The Hall–Kier alpha value is -1.55. The van der Waals surface area contributed by atoms with E-state index >= 15 is 0 Å². The summed E-state index contributed by atoms with van der Waals surface area (Å²) < 4.78 is 0. The molecular formula is C13H15ClN2O2. The second-order valence-electron chi connectivity index (χ2n) is 4.43. The van der Waals surface area contributed by atoms with E-state index in [1.807, 2.05) is 0 Å². The zero-order chi connectivity index (χ0) is 13.1. The summed E-state index contributed by atoms with van der Waals surface area (Å²) in [5.74, 6) is -0.0692. The van der Waals surface area contributed by atoms with Gasteiger partial charge in [0.2, 0.25) is 5.91 Å². The number of nitrogens with one attached hydrogen (secondary N) is 1. The summed E-state index contributed by atoms with van der Waals surface area (Å²) >= 11 is 5.76. The van der Waals surface area contributed by atoms with Crippen molar-refractivity contribution in [2.45, 2.75) is 19.4 Å². The monoisotopic (exact) mass is 266 g/mol. The number of carbonyl (C=O) groups excluding carboxylic acids is 2. The van der Waals surface area contributed by atoms with E-state index in [1.165, 1.54) is 0 Å². The highest BCUT2D eigenvalue weighted by molar-refractivity contribution is 6.30. The van der Waals surface area contributed by atoms with Gasteiger partial charge in [-0.3, -0.25) is 9.59 Å². The van der Waals surface area contributed by atoms with E-state index in [4.69, 9.17) is 11.6 Å². The van der Waals surface area contributed by atoms with Crippen molar-refractivity contribution in [2.24, 2.45) is 0 Å². The molecule has 1 unspecified atom stereocenters. The van der Waals surface area contributed by atoms with Gasteiger partial charge in [-0.1, -0.05) is 11.6 Å². The molecule has 4 nitrogen and oxygen atoms in total. The normalized spacial score (nSPS) is 18.8. The fourth-order valence-corrected chi connectivity index (χ4v) is 2.16. The van der Waals surface area contributed by atoms with E-state index in [0.717, 1.165) is 6.42 Å². The van der Waals surface area contributed by atoms with Crippen molar-refractivity contribution in [1.82, 2.24) is 10.2 Å². The molecule has 1 aliphatic heterocycles. The highest BCUT2D eigenvalue weighted by Crippen LogP contribution is 2.12. The van der Waals surface area contributed by atoms with Crippen molar-refractivity contribution in [3.63, 3.8) is 0 Å². The molecule has 1 aromatic carbocycles. The molecule has 1 aliphatic rings. The lowest BCUT2D eigenvalue weighted by atomic mass is 10.2. The van der Waals surface area contributed by atoms with Crippen LogP contribution in [0.5, 0.6) is 0 Å². The Morgan fingerprint density at radius 3 is 2.56 bits per heavy atom. The van der Waals surface area contributed by atoms with E-state index < -0.39 is 0 Å². The Labute approximate surface area is 111 Å². The Morgan fingerprint density at radius 1 is 1.33 bits per heavy atom. The highest BCUT2D eigenvalue weighted by atomic mass is 35.5. The number of amides is 2. The second kappa shape index (κ2) is 5.40. The number of rotatable bonds is 2. The summed E-state index contributed by atoms with van der Waals surface area (Å²) in [4.78, 5) is 24.9. The average molecular weight is 267 g/mol. The molecule has 1 fully saturated rings. The number of nitrogens with zero attached hydrogens (tertiary/aromatic N) is 1. The van der Waals surface area contributed by atoms with Crippen LogP contribution in [0.4, 0.5) is 0 Å². The summed E-state index contributed by atoms with van der Waals surface area (Å²) in [7, 11) is 0. The Balaban J connectivity index is 1.92. The van der Waals surface area contributed by atoms with Crippen LogP contribution in [0.1, 0.15) is 23.7 Å². The molecule has 0 spiro atoms. The fourth-order valence-electron chi connectivity index (χ4n) is 2.03. The zero-order valence-corrected chi connectivity index (χ0v) is 10.9. The van der Waals surface area contributed by atoms with Crippen LogP contribution in [0.15, 0.2) is 24.3 Å². The predicted molar refractivity (Wildman–Crippen MR) is 69.6 cm³/mol. The van der Waals surface area contributed by atoms with E-state index in [-0.39, 0.29) is 17.9 Å². The van der Waals surface area contributed by atoms with Crippen molar-refractivity contribution in [3.05, 3.63) is 34.9 Å². The zero-order valence-electron chi connectivity index (χ0n) is 10.1. The maximum atomic E-state index is 11.9. The molecule has 1 N–H and O–H groups in total. The predicted octanol–water partition coefficient (Wildman–Crippen LogP) is 1.69. The van der Waals surface area contributed by atoms with Crippen LogP contribution < -0.4 is 5.32 Å². The van der Waals surface area contributed by atoms with Gasteiger partial charge in [0.15, 0.2) is 0 Å². The van der Waals surface area contributed by atoms with Gasteiger partial charge in [0.05, 0.1) is 0 Å². The van der Waals surface area contributed by atoms with Crippen LogP contribution >= 0.6 is 11.6 Å². The number of hydrogen-bond acceptors (Lipinski definition) is 2. The topological polar surface area (TPSA) is 49.4 Å². The average Bonchev–Trinajstić information content (AvgIpc) is 2.78. The summed E-state index contributed by atoms with van der Waals surface area (Å²) in [6.45, 7) is 2.85. The quantitative estimate of drug-likeness (QED) is 0.886. The molecule has 96 valence electrons. The number of halogens is 1. The SMILES string of the molecule is CC(=O)N1CCC(NC(=O)c2ccc(Cl)cc2)C1. The maximum Gasteiger partial charge on any atom is 0.251 e. The summed E-state index contributed by atoms with van der Waals surface area (Å²) in [6, 6.07) is 6.79. The first kappa shape index (κ1) is 12.9. The van der Waals surface area contributed by atoms with Crippen LogP contribution in [-0.2, 0) is 4.79 Å². The molecule has 0 bridgehead atoms. The largest absolute Gasteiger partial charge is 0.347 e. The van der Waals surface area contributed by atoms with E-state index in [1.54, 1.807) is 36.1 Å². The van der Waals surface area contributed by atoms with Gasteiger partial charge >= 0.3 is 0 Å². The third-order valence-electron chi connectivity index (χ3n) is 3.08. The molecule has 0 aliphatic carbocycles. The Kier molecular flexibility index (Phi) is 3.87. The van der Waals surface area contributed by atoms with Gasteiger partial charge in [-0.25, -0.2) is 0 Å². The lowest BCUT2D eigenvalue weighted by Crippen LogP contribution is -2.37. The van der Waals surface area contributed by atoms with E-state index in [9.17, 15) is 9.59 Å². The van der Waals surface area contributed by atoms with Gasteiger partial charge in [-0.15, -0.1) is 0 Å². The first-order valence-corrected chi connectivity index (χ1v) is 6.26. The van der Waals surface area contributed by atoms with Crippen molar-refractivity contribution >= 4 is 23.4 Å². The second-order valence-corrected chi connectivity index (χ2v) is 4.87. The number of likely N-dealkylation sites (tertiary alicyclic amines) is 1. The molecule has 0 radical (unpaired) electrons. The minimum atomic E-state index is -0.123. The third-order valence-corrected chi connectivity index (χ3v) is 3.33. The number of hydrogen-bond donors (Lipinski definition) is 1. The molecular weight excluding hydrogens is 252 g/mol. The number of benzene rings is 1. The van der Waals surface area contributed by atoms with Gasteiger partial charge in [0, 0.05) is 36.6 Å².